The van der Waals surface area contributed by atoms with Crippen molar-refractivity contribution in [1.82, 2.24) is 9.88 Å². The van der Waals surface area contributed by atoms with Gasteiger partial charge in [-0.25, -0.2) is 9.78 Å². The molecule has 124 valence electrons. The van der Waals surface area contributed by atoms with Crippen molar-refractivity contribution in [2.24, 2.45) is 0 Å². The van der Waals surface area contributed by atoms with E-state index >= 15 is 0 Å². The van der Waals surface area contributed by atoms with Gasteiger partial charge in [0.05, 0.1) is 0 Å². The molecule has 0 aromatic carbocycles. The van der Waals surface area contributed by atoms with Gasteiger partial charge in [-0.15, -0.1) is 11.3 Å². The molecule has 1 atom stereocenters. The minimum atomic E-state index is -0.439. The van der Waals surface area contributed by atoms with E-state index in [1.807, 2.05) is 43.6 Å². The highest BCUT2D eigenvalue weighted by Crippen LogP contribution is 2.27. The molecule has 1 fully saturated rings. The number of carbonyl (C=O) groups excluding carboxylic acids is 1. The summed E-state index contributed by atoms with van der Waals surface area (Å²) in [6.45, 7) is 6.52. The molecule has 22 heavy (non-hydrogen) atoms. The second-order valence-electron chi connectivity index (χ2n) is 6.42. The third kappa shape index (κ3) is 5.63. The van der Waals surface area contributed by atoms with Gasteiger partial charge in [-0.2, -0.15) is 11.8 Å². The maximum Gasteiger partial charge on any atom is 0.410 e. The van der Waals surface area contributed by atoms with Gasteiger partial charge in [0.1, 0.15) is 5.60 Å². The number of piperidine rings is 1. The normalized spacial score (nSPS) is 19.3. The average Bonchev–Trinajstić information content (AvgIpc) is 2.83. The van der Waals surface area contributed by atoms with E-state index < -0.39 is 5.60 Å². The van der Waals surface area contributed by atoms with Crippen molar-refractivity contribution >= 4 is 40.8 Å². The first-order valence-corrected chi connectivity index (χ1v) is 9.87. The molecule has 1 aliphatic heterocycles. The first kappa shape index (κ1) is 17.9. The molecule has 4 nitrogen and oxygen atoms in total. The molecule has 2 rings (SSSR count). The first-order valence-electron chi connectivity index (χ1n) is 7.53. The average molecular weight is 363 g/mol. The largest absolute Gasteiger partial charge is 0.444 e. The summed E-state index contributed by atoms with van der Waals surface area (Å²) in [6, 6.07) is 0.261. The van der Waals surface area contributed by atoms with E-state index in [0.29, 0.717) is 4.47 Å². The highest BCUT2D eigenvalue weighted by atomic mass is 35.5. The highest BCUT2D eigenvalue weighted by Gasteiger charge is 2.30. The summed E-state index contributed by atoms with van der Waals surface area (Å²) >= 11 is 9.19. The van der Waals surface area contributed by atoms with Gasteiger partial charge in [-0.3, -0.25) is 0 Å². The van der Waals surface area contributed by atoms with E-state index in [0.717, 1.165) is 30.9 Å². The van der Waals surface area contributed by atoms with Crippen LogP contribution in [-0.4, -0.2) is 39.9 Å². The van der Waals surface area contributed by atoms with Crippen LogP contribution in [0.2, 0.25) is 4.47 Å². The number of thioether (sulfide) groups is 1. The molecule has 0 aliphatic carbocycles. The number of nitrogens with zero attached hydrogens (tertiary/aromatic N) is 2. The van der Waals surface area contributed by atoms with Gasteiger partial charge >= 0.3 is 6.09 Å². The third-order valence-electron chi connectivity index (χ3n) is 3.34. The smallest absolute Gasteiger partial charge is 0.410 e. The van der Waals surface area contributed by atoms with Crippen molar-refractivity contribution in [3.8, 4) is 0 Å². The number of halogens is 1. The molecule has 7 heteroatoms. The number of carbonyl (C=O) groups is 1. The second kappa shape index (κ2) is 7.88. The fraction of sp³-hybridized carbons (Fsp3) is 0.733. The van der Waals surface area contributed by atoms with Crippen LogP contribution in [0.4, 0.5) is 4.79 Å². The molecular formula is C15H23ClN2O2S2. The molecule has 0 saturated carbocycles. The van der Waals surface area contributed by atoms with Gasteiger partial charge in [0.2, 0.25) is 0 Å². The van der Waals surface area contributed by atoms with E-state index in [2.05, 4.69) is 4.98 Å². The van der Waals surface area contributed by atoms with Crippen LogP contribution < -0.4 is 0 Å². The summed E-state index contributed by atoms with van der Waals surface area (Å²) in [4.78, 5) is 19.5. The fourth-order valence-corrected chi connectivity index (χ4v) is 4.65. The lowest BCUT2D eigenvalue weighted by Crippen LogP contribution is -2.47. The second-order valence-corrected chi connectivity index (χ2v) is 9.15. The molecule has 2 heterocycles. The molecule has 1 saturated heterocycles. The molecule has 0 bridgehead atoms. The van der Waals surface area contributed by atoms with E-state index in [1.165, 1.54) is 22.6 Å². The molecule has 1 amide bonds. The van der Waals surface area contributed by atoms with Gasteiger partial charge in [0.15, 0.2) is 4.47 Å². The molecule has 1 aliphatic rings. The minimum absolute atomic E-state index is 0.182. The number of likely N-dealkylation sites (tertiary alicyclic amines) is 1. The van der Waals surface area contributed by atoms with Gasteiger partial charge in [-0.05, 0) is 40.0 Å². The number of hydrogen-bond donors (Lipinski definition) is 0. The van der Waals surface area contributed by atoms with Crippen molar-refractivity contribution in [2.75, 3.05) is 12.3 Å². The lowest BCUT2D eigenvalue weighted by atomic mass is 10.0. The molecule has 0 N–H and O–H groups in total. The van der Waals surface area contributed by atoms with E-state index in [1.54, 1.807) is 0 Å². The minimum Gasteiger partial charge on any atom is -0.444 e. The summed E-state index contributed by atoms with van der Waals surface area (Å²) in [5, 5.41) is 0. The lowest BCUT2D eigenvalue weighted by molar-refractivity contribution is 0.0126. The van der Waals surface area contributed by atoms with Crippen molar-refractivity contribution in [3.05, 3.63) is 15.5 Å². The van der Waals surface area contributed by atoms with Crippen molar-refractivity contribution in [3.63, 3.8) is 0 Å². The number of rotatable bonds is 4. The number of hydrogen-bond acceptors (Lipinski definition) is 5. The Labute approximate surface area is 145 Å². The third-order valence-corrected chi connectivity index (χ3v) is 5.77. The number of aromatic nitrogens is 1. The summed E-state index contributed by atoms with van der Waals surface area (Å²) in [6.07, 6.45) is 4.93. The van der Waals surface area contributed by atoms with Gasteiger partial charge < -0.3 is 9.64 Å². The molecule has 1 aromatic rings. The quantitative estimate of drug-likeness (QED) is 0.770. The molecular weight excluding hydrogens is 340 g/mol. The van der Waals surface area contributed by atoms with Crippen molar-refractivity contribution in [2.45, 2.75) is 57.4 Å². The summed E-state index contributed by atoms with van der Waals surface area (Å²) in [5.74, 6) is 1.82. The van der Waals surface area contributed by atoms with Crippen LogP contribution in [0.5, 0.6) is 0 Å². The molecule has 0 radical (unpaired) electrons. The standard InChI is InChI=1S/C15H23ClN2O2S2/c1-15(2,3)20-14(19)18-7-5-4-6-11(18)9-21-10-12-8-17-13(16)22-12/h8,11H,4-7,9-10H2,1-3H3. The Morgan fingerprint density at radius 2 is 2.32 bits per heavy atom. The Kier molecular flexibility index (Phi) is 6.41. The predicted octanol–water partition coefficient (Wildman–Crippen LogP) is 4.82. The van der Waals surface area contributed by atoms with E-state index in [-0.39, 0.29) is 12.1 Å². The van der Waals surface area contributed by atoms with Crippen LogP contribution >= 0.6 is 34.7 Å². The highest BCUT2D eigenvalue weighted by molar-refractivity contribution is 7.98. The fourth-order valence-electron chi connectivity index (χ4n) is 2.38. The summed E-state index contributed by atoms with van der Waals surface area (Å²) in [7, 11) is 0. The monoisotopic (exact) mass is 362 g/mol. The molecule has 1 aromatic heterocycles. The van der Waals surface area contributed by atoms with Crippen LogP contribution in [-0.2, 0) is 10.5 Å². The summed E-state index contributed by atoms with van der Waals surface area (Å²) < 4.78 is 6.11. The Bertz CT molecular complexity index is 502. The lowest BCUT2D eigenvalue weighted by Gasteiger charge is -2.36. The number of amides is 1. The topological polar surface area (TPSA) is 42.4 Å². The Balaban J connectivity index is 1.85. The van der Waals surface area contributed by atoms with Gasteiger partial charge in [0, 0.05) is 35.2 Å². The Hall–Kier alpha value is -0.460. The Morgan fingerprint density at radius 3 is 2.95 bits per heavy atom. The molecule has 0 spiro atoms. The summed E-state index contributed by atoms with van der Waals surface area (Å²) in [5.41, 5.74) is -0.439. The van der Waals surface area contributed by atoms with Crippen LogP contribution in [0, 0.1) is 0 Å². The number of ether oxygens (including phenoxy) is 1. The maximum absolute atomic E-state index is 12.3. The van der Waals surface area contributed by atoms with E-state index in [9.17, 15) is 4.79 Å². The first-order chi connectivity index (χ1) is 10.3. The van der Waals surface area contributed by atoms with Crippen LogP contribution in [0.1, 0.15) is 44.9 Å². The van der Waals surface area contributed by atoms with Crippen LogP contribution in [0.25, 0.3) is 0 Å². The Morgan fingerprint density at radius 1 is 1.55 bits per heavy atom. The molecule has 1 unspecified atom stereocenters. The van der Waals surface area contributed by atoms with Gasteiger partial charge in [0.25, 0.3) is 0 Å². The SMILES string of the molecule is CC(C)(C)OC(=O)N1CCCCC1CSCc1cnc(Cl)s1. The van der Waals surface area contributed by atoms with Crippen LogP contribution in [0.3, 0.4) is 0 Å². The maximum atomic E-state index is 12.3. The zero-order valence-corrected chi connectivity index (χ0v) is 15.7. The van der Waals surface area contributed by atoms with E-state index in [4.69, 9.17) is 16.3 Å². The van der Waals surface area contributed by atoms with Crippen molar-refractivity contribution < 1.29 is 9.53 Å². The zero-order valence-electron chi connectivity index (χ0n) is 13.3. The zero-order chi connectivity index (χ0) is 16.2. The number of thiazole rings is 1. The van der Waals surface area contributed by atoms with Gasteiger partial charge in [-0.1, -0.05) is 11.6 Å². The van der Waals surface area contributed by atoms with Crippen molar-refractivity contribution in [1.29, 1.82) is 0 Å². The van der Waals surface area contributed by atoms with Crippen LogP contribution in [0.15, 0.2) is 6.20 Å². The predicted molar refractivity (Wildman–Crippen MR) is 93.9 cm³/mol.